The van der Waals surface area contributed by atoms with Crippen molar-refractivity contribution < 1.29 is 13.0 Å². The van der Waals surface area contributed by atoms with E-state index in [9.17, 15) is 8.42 Å². The van der Waals surface area contributed by atoms with Gasteiger partial charge in [-0.25, -0.2) is 0 Å². The summed E-state index contributed by atoms with van der Waals surface area (Å²) in [6, 6.07) is 4.21. The molecule has 0 saturated heterocycles. The predicted octanol–water partition coefficient (Wildman–Crippen LogP) is 2.08. The van der Waals surface area contributed by atoms with Crippen LogP contribution >= 0.6 is 0 Å². The third-order valence-electron chi connectivity index (χ3n) is 2.29. The zero-order valence-electron chi connectivity index (χ0n) is 11.0. The highest BCUT2D eigenvalue weighted by molar-refractivity contribution is 7.86. The molecular weight excluding hydrogens is 278 g/mol. The second kappa shape index (κ2) is 6.78. The Balaban J connectivity index is 2.95. The molecule has 0 aromatic heterocycles. The van der Waals surface area contributed by atoms with Crippen LogP contribution in [0.25, 0.3) is 0 Å². The minimum Gasteiger partial charge on any atom is -0.398 e. The molecule has 1 aromatic carbocycles. The molecule has 108 valence electrons. The van der Waals surface area contributed by atoms with Crippen molar-refractivity contribution in [3.8, 4) is 0 Å². The molecule has 0 aliphatic heterocycles. The lowest BCUT2D eigenvalue weighted by Crippen LogP contribution is -2.20. The fourth-order valence-corrected chi connectivity index (χ4v) is 2.07. The number of benzene rings is 1. The Morgan fingerprint density at radius 1 is 1.45 bits per heavy atom. The summed E-state index contributed by atoms with van der Waals surface area (Å²) < 4.78 is 31.3. The van der Waals surface area contributed by atoms with Crippen LogP contribution in [0.3, 0.4) is 0 Å². The van der Waals surface area contributed by atoms with Crippen LogP contribution in [0, 0.1) is 0 Å². The number of rotatable bonds is 6. The van der Waals surface area contributed by atoms with Gasteiger partial charge in [-0.05, 0) is 37.3 Å². The van der Waals surface area contributed by atoms with Crippen molar-refractivity contribution in [3.05, 3.63) is 54.8 Å². The van der Waals surface area contributed by atoms with E-state index in [2.05, 4.69) is 17.4 Å². The second-order valence-electron chi connectivity index (χ2n) is 3.84. The Hall–Kier alpha value is -2.25. The van der Waals surface area contributed by atoms with E-state index >= 15 is 0 Å². The molecule has 0 spiro atoms. The molecule has 0 fully saturated rings. The molecule has 6 nitrogen and oxygen atoms in total. The van der Waals surface area contributed by atoms with E-state index in [-0.39, 0.29) is 10.6 Å². The zero-order chi connectivity index (χ0) is 15.2. The molecule has 0 aliphatic carbocycles. The first-order chi connectivity index (χ1) is 9.38. The number of nitrogen functional groups attached to an aromatic ring is 1. The van der Waals surface area contributed by atoms with Gasteiger partial charge in [0.1, 0.15) is 4.90 Å². The summed E-state index contributed by atoms with van der Waals surface area (Å²) in [7, 11) is -4.35. The Kier molecular flexibility index (Phi) is 5.36. The molecule has 0 amide bonds. The lowest BCUT2D eigenvalue weighted by Gasteiger charge is -2.12. The van der Waals surface area contributed by atoms with E-state index in [0.29, 0.717) is 5.69 Å². The molecule has 0 aliphatic rings. The van der Waals surface area contributed by atoms with Crippen LogP contribution in [0.2, 0.25) is 0 Å². The van der Waals surface area contributed by atoms with Crippen LogP contribution in [0.4, 0.5) is 11.4 Å². The Bertz CT molecular complexity index is 649. The van der Waals surface area contributed by atoms with Gasteiger partial charge in [0.25, 0.3) is 10.1 Å². The molecule has 1 aromatic rings. The van der Waals surface area contributed by atoms with Gasteiger partial charge in [-0.15, -0.1) is 0 Å². The monoisotopic (exact) mass is 295 g/mol. The van der Waals surface area contributed by atoms with E-state index in [1.165, 1.54) is 12.1 Å². The fraction of sp³-hybridized carbons (Fsp3) is 0.0769. The maximum absolute atomic E-state index is 11.1. The molecule has 0 saturated carbocycles. The normalized spacial score (nSPS) is 12.4. The molecule has 7 heteroatoms. The van der Waals surface area contributed by atoms with E-state index in [4.69, 9.17) is 10.3 Å². The highest BCUT2D eigenvalue weighted by Crippen LogP contribution is 2.22. The van der Waals surface area contributed by atoms with Gasteiger partial charge in [-0.3, -0.25) is 4.55 Å². The lowest BCUT2D eigenvalue weighted by atomic mass is 10.3. The number of anilines is 2. The molecule has 0 bridgehead atoms. The first kappa shape index (κ1) is 15.8. The molecule has 20 heavy (non-hydrogen) atoms. The summed E-state index contributed by atoms with van der Waals surface area (Å²) in [5.74, 6) is 0. The van der Waals surface area contributed by atoms with Crippen LogP contribution in [0.1, 0.15) is 6.92 Å². The smallest absolute Gasteiger partial charge is 0.296 e. The number of hydrogen-bond acceptors (Lipinski definition) is 5. The number of nitrogens with two attached hydrogens (primary N) is 1. The molecule has 0 heterocycles. The van der Waals surface area contributed by atoms with Gasteiger partial charge in [0.2, 0.25) is 0 Å². The second-order valence-corrected chi connectivity index (χ2v) is 5.23. The molecule has 0 atom stereocenters. The maximum Gasteiger partial charge on any atom is 0.296 e. The van der Waals surface area contributed by atoms with Crippen LogP contribution < -0.4 is 16.6 Å². The predicted molar refractivity (Wildman–Crippen MR) is 80.5 cm³/mol. The Morgan fingerprint density at radius 3 is 2.70 bits per heavy atom. The van der Waals surface area contributed by atoms with Gasteiger partial charge >= 0.3 is 0 Å². The first-order valence-corrected chi connectivity index (χ1v) is 7.17. The number of allylic oxidation sites excluding steroid dienone is 4. The molecule has 0 radical (unpaired) electrons. The average Bonchev–Trinajstić information content (AvgIpc) is 2.36. The summed E-state index contributed by atoms with van der Waals surface area (Å²) >= 11 is 0. The van der Waals surface area contributed by atoms with Crippen molar-refractivity contribution in [1.29, 1.82) is 0 Å². The van der Waals surface area contributed by atoms with E-state index in [1.807, 2.05) is 13.0 Å². The van der Waals surface area contributed by atoms with Gasteiger partial charge in [-0.1, -0.05) is 18.7 Å². The highest BCUT2D eigenvalue weighted by atomic mass is 32.2. The molecule has 0 unspecified atom stereocenters. The van der Waals surface area contributed by atoms with Crippen LogP contribution in [-0.2, 0) is 10.1 Å². The summed E-state index contributed by atoms with van der Waals surface area (Å²) in [6.45, 7) is 5.45. The van der Waals surface area contributed by atoms with Crippen LogP contribution in [0.15, 0.2) is 59.7 Å². The van der Waals surface area contributed by atoms with Crippen molar-refractivity contribution in [2.75, 3.05) is 11.2 Å². The van der Waals surface area contributed by atoms with Crippen molar-refractivity contribution in [2.45, 2.75) is 11.8 Å². The summed E-state index contributed by atoms with van der Waals surface area (Å²) in [5, 5.41) is 0. The number of nitrogens with one attached hydrogen (secondary N) is 2. The largest absolute Gasteiger partial charge is 0.398 e. The molecular formula is C13H17N3O3S. The third kappa shape index (κ3) is 4.45. The quantitative estimate of drug-likeness (QED) is 0.277. The van der Waals surface area contributed by atoms with Gasteiger partial charge in [0, 0.05) is 0 Å². The number of hydrazine groups is 1. The molecule has 1 rings (SSSR count). The number of hydrogen-bond donors (Lipinski definition) is 4. The fourth-order valence-electron chi connectivity index (χ4n) is 1.43. The maximum atomic E-state index is 11.1. The minimum atomic E-state index is -4.35. The van der Waals surface area contributed by atoms with Crippen LogP contribution in [0.5, 0.6) is 0 Å². The zero-order valence-corrected chi connectivity index (χ0v) is 11.8. The van der Waals surface area contributed by atoms with Crippen molar-refractivity contribution in [2.24, 2.45) is 0 Å². The highest BCUT2D eigenvalue weighted by Gasteiger charge is 2.14. The molecule has 5 N–H and O–H groups in total. The van der Waals surface area contributed by atoms with Gasteiger partial charge in [0.05, 0.1) is 17.1 Å². The van der Waals surface area contributed by atoms with Gasteiger partial charge in [0.15, 0.2) is 0 Å². The Morgan fingerprint density at radius 2 is 2.15 bits per heavy atom. The SMILES string of the molecule is C=C/C=C(\C=C/C)NNc1ccc(N)c(S(=O)(=O)O)c1. The van der Waals surface area contributed by atoms with Crippen LogP contribution in [-0.4, -0.2) is 13.0 Å². The standard InChI is InChI=1S/C13H17N3O3S/c1-3-5-10(6-4-2)15-16-11-7-8-12(14)13(9-11)20(17,18)19/h3-9,15-16H,1,14H2,2H3,(H,17,18,19)/b6-4-,10-5+. The van der Waals surface area contributed by atoms with Crippen molar-refractivity contribution in [1.82, 2.24) is 5.43 Å². The van der Waals surface area contributed by atoms with Gasteiger partial charge in [-0.2, -0.15) is 8.42 Å². The third-order valence-corrected chi connectivity index (χ3v) is 3.20. The first-order valence-electron chi connectivity index (χ1n) is 5.73. The Labute approximate surface area is 118 Å². The topological polar surface area (TPSA) is 104 Å². The van der Waals surface area contributed by atoms with Crippen molar-refractivity contribution in [3.63, 3.8) is 0 Å². The summed E-state index contributed by atoms with van der Waals surface area (Å²) in [4.78, 5) is -0.343. The van der Waals surface area contributed by atoms with E-state index in [0.717, 1.165) is 5.70 Å². The summed E-state index contributed by atoms with van der Waals surface area (Å²) in [5.41, 5.74) is 12.3. The summed E-state index contributed by atoms with van der Waals surface area (Å²) in [6.07, 6.45) is 6.97. The van der Waals surface area contributed by atoms with Crippen molar-refractivity contribution >= 4 is 21.5 Å². The van der Waals surface area contributed by atoms with Gasteiger partial charge < -0.3 is 16.6 Å². The van der Waals surface area contributed by atoms with E-state index < -0.39 is 10.1 Å². The minimum absolute atomic E-state index is 0.0200. The van der Waals surface area contributed by atoms with E-state index in [1.54, 1.807) is 24.3 Å². The average molecular weight is 295 g/mol. The lowest BCUT2D eigenvalue weighted by molar-refractivity contribution is 0.483.